The molecule has 0 aliphatic heterocycles. The Balaban J connectivity index is 3.03. The van der Waals surface area contributed by atoms with Gasteiger partial charge in [0.25, 0.3) is 0 Å². The lowest BCUT2D eigenvalue weighted by molar-refractivity contribution is -0.274. The molecule has 0 fully saturated rings. The Kier molecular flexibility index (Phi) is 5.32. The molecule has 0 unspecified atom stereocenters. The van der Waals surface area contributed by atoms with Crippen LogP contribution in [0.4, 0.5) is 23.7 Å². The SMILES string of the molecule is CC(C)c1ccc(OC(F)(F)F)cc1NC(=O)OC(C)(C)C. The quantitative estimate of drug-likeness (QED) is 0.847. The van der Waals surface area contributed by atoms with Gasteiger partial charge < -0.3 is 9.47 Å². The summed E-state index contributed by atoms with van der Waals surface area (Å²) < 4.78 is 45.8. The van der Waals surface area contributed by atoms with Crippen molar-refractivity contribution >= 4 is 11.8 Å². The van der Waals surface area contributed by atoms with Crippen LogP contribution in [0, 0.1) is 0 Å². The third-order valence-electron chi connectivity index (χ3n) is 2.52. The summed E-state index contributed by atoms with van der Waals surface area (Å²) in [4.78, 5) is 11.8. The van der Waals surface area contributed by atoms with E-state index in [0.29, 0.717) is 5.56 Å². The predicted molar refractivity (Wildman–Crippen MR) is 77.1 cm³/mol. The molecule has 0 aliphatic carbocycles. The van der Waals surface area contributed by atoms with E-state index >= 15 is 0 Å². The minimum Gasteiger partial charge on any atom is -0.444 e. The van der Waals surface area contributed by atoms with Gasteiger partial charge in [0.2, 0.25) is 0 Å². The number of nitrogens with one attached hydrogen (secondary N) is 1. The number of benzene rings is 1. The number of amides is 1. The van der Waals surface area contributed by atoms with Crippen LogP contribution in [-0.2, 0) is 4.74 Å². The van der Waals surface area contributed by atoms with Crippen LogP contribution < -0.4 is 10.1 Å². The van der Waals surface area contributed by atoms with Gasteiger partial charge in [-0.1, -0.05) is 19.9 Å². The summed E-state index contributed by atoms with van der Waals surface area (Å²) in [6, 6.07) is 3.83. The first kappa shape index (κ1) is 18.1. The van der Waals surface area contributed by atoms with Crippen LogP contribution in [0.15, 0.2) is 18.2 Å². The number of hydrogen-bond acceptors (Lipinski definition) is 3. The molecule has 1 amide bonds. The summed E-state index contributed by atoms with van der Waals surface area (Å²) in [6.45, 7) is 8.80. The Morgan fingerprint density at radius 3 is 2.23 bits per heavy atom. The average molecular weight is 319 g/mol. The molecule has 0 saturated carbocycles. The summed E-state index contributed by atoms with van der Waals surface area (Å²) in [5.41, 5.74) is 0.202. The van der Waals surface area contributed by atoms with E-state index in [9.17, 15) is 18.0 Å². The molecule has 0 atom stereocenters. The molecule has 7 heteroatoms. The second-order valence-electron chi connectivity index (χ2n) is 6.08. The van der Waals surface area contributed by atoms with Gasteiger partial charge in [-0.3, -0.25) is 5.32 Å². The molecule has 0 aromatic heterocycles. The largest absolute Gasteiger partial charge is 0.573 e. The summed E-state index contributed by atoms with van der Waals surface area (Å²) in [5.74, 6) is -0.396. The fraction of sp³-hybridized carbons (Fsp3) is 0.533. The third-order valence-corrected chi connectivity index (χ3v) is 2.52. The maximum Gasteiger partial charge on any atom is 0.573 e. The smallest absolute Gasteiger partial charge is 0.444 e. The number of hydrogen-bond donors (Lipinski definition) is 1. The van der Waals surface area contributed by atoms with E-state index < -0.39 is 23.8 Å². The highest BCUT2D eigenvalue weighted by molar-refractivity contribution is 5.86. The Hall–Kier alpha value is -1.92. The lowest BCUT2D eigenvalue weighted by Crippen LogP contribution is -2.27. The maximum absolute atomic E-state index is 12.3. The topological polar surface area (TPSA) is 47.6 Å². The van der Waals surface area contributed by atoms with E-state index in [0.717, 1.165) is 6.07 Å². The van der Waals surface area contributed by atoms with Crippen LogP contribution in [0.25, 0.3) is 0 Å². The van der Waals surface area contributed by atoms with Crippen LogP contribution in [-0.4, -0.2) is 18.1 Å². The van der Waals surface area contributed by atoms with Gasteiger partial charge in [-0.05, 0) is 38.3 Å². The van der Waals surface area contributed by atoms with Gasteiger partial charge in [-0.15, -0.1) is 13.2 Å². The molecule has 0 saturated heterocycles. The van der Waals surface area contributed by atoms with E-state index in [1.807, 2.05) is 13.8 Å². The fourth-order valence-electron chi connectivity index (χ4n) is 1.76. The molecule has 1 aromatic carbocycles. The maximum atomic E-state index is 12.3. The molecule has 1 aromatic rings. The summed E-state index contributed by atoms with van der Waals surface area (Å²) in [6.07, 6.45) is -5.53. The van der Waals surface area contributed by atoms with Crippen molar-refractivity contribution in [3.05, 3.63) is 23.8 Å². The molecule has 0 bridgehead atoms. The number of carbonyl (C=O) groups is 1. The van der Waals surface area contributed by atoms with Gasteiger partial charge in [0, 0.05) is 6.07 Å². The zero-order valence-electron chi connectivity index (χ0n) is 13.2. The molecule has 4 nitrogen and oxygen atoms in total. The van der Waals surface area contributed by atoms with Gasteiger partial charge in [-0.25, -0.2) is 4.79 Å². The van der Waals surface area contributed by atoms with Gasteiger partial charge >= 0.3 is 12.5 Å². The first-order valence-corrected chi connectivity index (χ1v) is 6.77. The fourth-order valence-corrected chi connectivity index (χ4v) is 1.76. The minimum atomic E-state index is -4.79. The molecule has 0 radical (unpaired) electrons. The summed E-state index contributed by atoms with van der Waals surface area (Å²) in [5, 5.41) is 2.47. The average Bonchev–Trinajstić information content (AvgIpc) is 2.23. The third kappa shape index (κ3) is 6.24. The lowest BCUT2D eigenvalue weighted by Gasteiger charge is -2.21. The Morgan fingerprint density at radius 2 is 1.77 bits per heavy atom. The van der Waals surface area contributed by atoms with Crippen molar-refractivity contribution in [3.8, 4) is 5.75 Å². The van der Waals surface area contributed by atoms with Crippen LogP contribution in [0.2, 0.25) is 0 Å². The van der Waals surface area contributed by atoms with Gasteiger partial charge in [0.1, 0.15) is 11.4 Å². The van der Waals surface area contributed by atoms with E-state index in [4.69, 9.17) is 4.74 Å². The predicted octanol–water partition coefficient (Wildman–Crippen LogP) is 5.06. The molecular weight excluding hydrogens is 299 g/mol. The van der Waals surface area contributed by atoms with E-state index in [1.165, 1.54) is 12.1 Å². The number of carbonyl (C=O) groups excluding carboxylic acids is 1. The first-order chi connectivity index (χ1) is 9.87. The van der Waals surface area contributed by atoms with Gasteiger partial charge in [0.15, 0.2) is 0 Å². The van der Waals surface area contributed by atoms with Crippen molar-refractivity contribution in [1.29, 1.82) is 0 Å². The summed E-state index contributed by atoms with van der Waals surface area (Å²) >= 11 is 0. The molecule has 0 spiro atoms. The molecular formula is C15H20F3NO3. The van der Waals surface area contributed by atoms with Crippen LogP contribution in [0.3, 0.4) is 0 Å². The van der Waals surface area contributed by atoms with Crippen LogP contribution >= 0.6 is 0 Å². The Labute approximate surface area is 127 Å². The highest BCUT2D eigenvalue weighted by atomic mass is 19.4. The highest BCUT2D eigenvalue weighted by Crippen LogP contribution is 2.31. The monoisotopic (exact) mass is 319 g/mol. The molecule has 0 aliphatic rings. The molecule has 0 heterocycles. The second-order valence-corrected chi connectivity index (χ2v) is 6.08. The van der Waals surface area contributed by atoms with Gasteiger partial charge in [-0.2, -0.15) is 0 Å². The number of anilines is 1. The number of rotatable bonds is 3. The Morgan fingerprint density at radius 1 is 1.18 bits per heavy atom. The molecule has 124 valence electrons. The van der Waals surface area contributed by atoms with Crippen molar-refractivity contribution < 1.29 is 27.4 Å². The first-order valence-electron chi connectivity index (χ1n) is 6.77. The zero-order valence-corrected chi connectivity index (χ0v) is 13.2. The van der Waals surface area contributed by atoms with Gasteiger partial charge in [0.05, 0.1) is 5.69 Å². The standard InChI is InChI=1S/C15H20F3NO3/c1-9(2)11-7-6-10(21-15(16,17)18)8-12(11)19-13(20)22-14(3,4)5/h6-9H,1-5H3,(H,19,20). The highest BCUT2D eigenvalue weighted by Gasteiger charge is 2.31. The molecule has 1 rings (SSSR count). The normalized spacial score (nSPS) is 12.2. The van der Waals surface area contributed by atoms with Crippen molar-refractivity contribution in [3.63, 3.8) is 0 Å². The van der Waals surface area contributed by atoms with Crippen LogP contribution in [0.5, 0.6) is 5.75 Å². The zero-order chi connectivity index (χ0) is 17.1. The van der Waals surface area contributed by atoms with Crippen molar-refractivity contribution in [1.82, 2.24) is 0 Å². The van der Waals surface area contributed by atoms with Crippen molar-refractivity contribution in [2.24, 2.45) is 0 Å². The molecule has 1 N–H and O–H groups in total. The number of halogens is 3. The second kappa shape index (κ2) is 6.46. The van der Waals surface area contributed by atoms with E-state index in [2.05, 4.69) is 10.1 Å². The van der Waals surface area contributed by atoms with Crippen LogP contribution in [0.1, 0.15) is 46.1 Å². The van der Waals surface area contributed by atoms with E-state index in [1.54, 1.807) is 20.8 Å². The Bertz CT molecular complexity index is 534. The lowest BCUT2D eigenvalue weighted by atomic mass is 10.0. The minimum absolute atomic E-state index is 0.00451. The van der Waals surface area contributed by atoms with Crippen molar-refractivity contribution in [2.75, 3.05) is 5.32 Å². The number of alkyl halides is 3. The number of ether oxygens (including phenoxy) is 2. The van der Waals surface area contributed by atoms with E-state index in [-0.39, 0.29) is 11.6 Å². The van der Waals surface area contributed by atoms with Crippen molar-refractivity contribution in [2.45, 2.75) is 52.5 Å². The molecule has 22 heavy (non-hydrogen) atoms. The summed E-state index contributed by atoms with van der Waals surface area (Å²) in [7, 11) is 0.